The molecule has 1 amide bonds. The number of hydrogen-bond acceptors (Lipinski definition) is 5. The predicted molar refractivity (Wildman–Crippen MR) is 108 cm³/mol. The highest BCUT2D eigenvalue weighted by Gasteiger charge is 2.10. The molecule has 27 heavy (non-hydrogen) atoms. The van der Waals surface area contributed by atoms with E-state index in [1.165, 1.54) is 4.90 Å². The Bertz CT molecular complexity index is 853. The van der Waals surface area contributed by atoms with Crippen molar-refractivity contribution in [2.45, 2.75) is 24.2 Å². The summed E-state index contributed by atoms with van der Waals surface area (Å²) in [5, 5.41) is 7.53. The van der Waals surface area contributed by atoms with Crippen LogP contribution in [0.1, 0.15) is 18.7 Å². The van der Waals surface area contributed by atoms with Gasteiger partial charge in [-0.2, -0.15) is 4.98 Å². The molecule has 0 radical (unpaired) electrons. The molecule has 7 heteroatoms. The Balaban J connectivity index is 1.34. The van der Waals surface area contributed by atoms with Gasteiger partial charge < -0.3 is 9.84 Å². The van der Waals surface area contributed by atoms with E-state index in [2.05, 4.69) is 27.6 Å². The van der Waals surface area contributed by atoms with Crippen LogP contribution in [0.3, 0.4) is 0 Å². The monoisotopic (exact) mass is 401 g/mol. The summed E-state index contributed by atoms with van der Waals surface area (Å²) in [5.74, 6) is 1.92. The number of aryl methyl sites for hydroxylation is 1. The van der Waals surface area contributed by atoms with E-state index >= 15 is 0 Å². The van der Waals surface area contributed by atoms with Crippen LogP contribution in [0.4, 0.5) is 0 Å². The van der Waals surface area contributed by atoms with Gasteiger partial charge in [0.05, 0.1) is 0 Å². The van der Waals surface area contributed by atoms with Crippen LogP contribution < -0.4 is 5.32 Å². The van der Waals surface area contributed by atoms with E-state index < -0.39 is 0 Å². The molecule has 0 saturated heterocycles. The number of benzene rings is 2. The SMILES string of the molecule is O=C(CCc1nc(-c2ccc(Cl)cc2)no1)NCCCSc1ccccc1. The van der Waals surface area contributed by atoms with Gasteiger partial charge in [0.25, 0.3) is 0 Å². The number of amides is 1. The Kier molecular flexibility index (Phi) is 7.30. The Morgan fingerprint density at radius 2 is 1.89 bits per heavy atom. The van der Waals surface area contributed by atoms with Crippen LogP contribution in [0.5, 0.6) is 0 Å². The highest BCUT2D eigenvalue weighted by molar-refractivity contribution is 7.99. The highest BCUT2D eigenvalue weighted by atomic mass is 35.5. The fourth-order valence-corrected chi connectivity index (χ4v) is 3.39. The maximum Gasteiger partial charge on any atom is 0.227 e. The van der Waals surface area contributed by atoms with Gasteiger partial charge in [0.1, 0.15) is 0 Å². The number of nitrogens with one attached hydrogen (secondary N) is 1. The van der Waals surface area contributed by atoms with E-state index in [1.54, 1.807) is 23.9 Å². The first-order valence-electron chi connectivity index (χ1n) is 8.74. The third-order valence-corrected chi connectivity index (χ3v) is 5.14. The minimum Gasteiger partial charge on any atom is -0.356 e. The lowest BCUT2D eigenvalue weighted by Gasteiger charge is -2.04. The van der Waals surface area contributed by atoms with Crippen LogP contribution in [-0.4, -0.2) is 28.3 Å². The van der Waals surface area contributed by atoms with E-state index in [0.29, 0.717) is 36.1 Å². The summed E-state index contributed by atoms with van der Waals surface area (Å²) in [4.78, 5) is 17.5. The topological polar surface area (TPSA) is 68.0 Å². The second kappa shape index (κ2) is 10.1. The van der Waals surface area contributed by atoms with Crippen molar-refractivity contribution in [2.24, 2.45) is 0 Å². The zero-order valence-corrected chi connectivity index (χ0v) is 16.3. The maximum atomic E-state index is 11.9. The van der Waals surface area contributed by atoms with Crippen LogP contribution >= 0.6 is 23.4 Å². The Labute approximate surface area is 167 Å². The van der Waals surface area contributed by atoms with Crippen molar-refractivity contribution in [3.05, 3.63) is 65.5 Å². The minimum atomic E-state index is -0.00838. The van der Waals surface area contributed by atoms with E-state index in [4.69, 9.17) is 16.1 Å². The molecular weight excluding hydrogens is 382 g/mol. The van der Waals surface area contributed by atoms with Gasteiger partial charge in [-0.25, -0.2) is 0 Å². The molecule has 3 aromatic rings. The summed E-state index contributed by atoms with van der Waals surface area (Å²) in [5.41, 5.74) is 0.828. The molecule has 0 aliphatic carbocycles. The predicted octanol–water partition coefficient (Wildman–Crippen LogP) is 4.62. The van der Waals surface area contributed by atoms with Crippen LogP contribution in [0, 0.1) is 0 Å². The molecule has 0 atom stereocenters. The Hall–Kier alpha value is -2.31. The molecule has 1 aromatic heterocycles. The number of carbonyl (C=O) groups is 1. The van der Waals surface area contributed by atoms with Crippen LogP contribution in [-0.2, 0) is 11.2 Å². The summed E-state index contributed by atoms with van der Waals surface area (Å²) < 4.78 is 5.21. The molecule has 0 unspecified atom stereocenters. The average molecular weight is 402 g/mol. The van der Waals surface area contributed by atoms with Gasteiger partial charge in [0.2, 0.25) is 17.6 Å². The standard InChI is InChI=1S/C20H20ClN3O2S/c21-16-9-7-15(8-10-16)20-23-19(26-24-20)12-11-18(25)22-13-4-14-27-17-5-2-1-3-6-17/h1-3,5-10H,4,11-14H2,(H,22,25). The van der Waals surface area contributed by atoms with Crippen molar-refractivity contribution in [3.63, 3.8) is 0 Å². The summed E-state index contributed by atoms with van der Waals surface area (Å²) in [7, 11) is 0. The molecule has 3 rings (SSSR count). The van der Waals surface area contributed by atoms with Crippen molar-refractivity contribution >= 4 is 29.3 Å². The summed E-state index contributed by atoms with van der Waals surface area (Å²) >= 11 is 7.66. The molecule has 2 aromatic carbocycles. The quantitative estimate of drug-likeness (QED) is 0.418. The Morgan fingerprint density at radius 1 is 1.11 bits per heavy atom. The first-order valence-corrected chi connectivity index (χ1v) is 10.1. The van der Waals surface area contributed by atoms with Crippen LogP contribution in [0.25, 0.3) is 11.4 Å². The number of aromatic nitrogens is 2. The Morgan fingerprint density at radius 3 is 2.67 bits per heavy atom. The van der Waals surface area contributed by atoms with Crippen molar-refractivity contribution in [1.82, 2.24) is 15.5 Å². The summed E-state index contributed by atoms with van der Waals surface area (Å²) in [6.07, 6.45) is 1.67. The first-order chi connectivity index (χ1) is 13.2. The average Bonchev–Trinajstić information content (AvgIpc) is 3.16. The van der Waals surface area contributed by atoms with Gasteiger partial charge >= 0.3 is 0 Å². The third-order valence-electron chi connectivity index (χ3n) is 3.79. The lowest BCUT2D eigenvalue weighted by atomic mass is 10.2. The van der Waals surface area contributed by atoms with E-state index in [0.717, 1.165) is 17.7 Å². The molecule has 5 nitrogen and oxygen atoms in total. The fourth-order valence-electron chi connectivity index (χ4n) is 2.39. The van der Waals surface area contributed by atoms with Gasteiger partial charge in [0.15, 0.2) is 0 Å². The molecule has 1 heterocycles. The van der Waals surface area contributed by atoms with Gasteiger partial charge in [0, 0.05) is 34.9 Å². The van der Waals surface area contributed by atoms with Gasteiger partial charge in [-0.3, -0.25) is 4.79 Å². The van der Waals surface area contributed by atoms with Crippen molar-refractivity contribution in [2.75, 3.05) is 12.3 Å². The van der Waals surface area contributed by atoms with Crippen molar-refractivity contribution < 1.29 is 9.32 Å². The molecule has 140 valence electrons. The van der Waals surface area contributed by atoms with Crippen molar-refractivity contribution in [1.29, 1.82) is 0 Å². The lowest BCUT2D eigenvalue weighted by molar-refractivity contribution is -0.121. The molecule has 0 aliphatic heterocycles. The largest absolute Gasteiger partial charge is 0.356 e. The zero-order valence-electron chi connectivity index (χ0n) is 14.7. The van der Waals surface area contributed by atoms with Gasteiger partial charge in [-0.1, -0.05) is 35.0 Å². The number of hydrogen-bond donors (Lipinski definition) is 1. The molecule has 0 spiro atoms. The highest BCUT2D eigenvalue weighted by Crippen LogP contribution is 2.19. The van der Waals surface area contributed by atoms with Crippen LogP contribution in [0.15, 0.2) is 64.0 Å². The molecule has 0 aliphatic rings. The first kappa shape index (κ1) is 19.5. The van der Waals surface area contributed by atoms with Gasteiger partial charge in [-0.05, 0) is 48.6 Å². The zero-order chi connectivity index (χ0) is 18.9. The third kappa shape index (κ3) is 6.41. The smallest absolute Gasteiger partial charge is 0.227 e. The lowest BCUT2D eigenvalue weighted by Crippen LogP contribution is -2.25. The second-order valence-electron chi connectivity index (χ2n) is 5.88. The van der Waals surface area contributed by atoms with E-state index in [1.807, 2.05) is 30.3 Å². The molecule has 0 saturated carbocycles. The minimum absolute atomic E-state index is 0.00838. The molecule has 0 fully saturated rings. The number of nitrogens with zero attached hydrogens (tertiary/aromatic N) is 2. The molecule has 0 bridgehead atoms. The second-order valence-corrected chi connectivity index (χ2v) is 7.49. The molecule has 1 N–H and O–H groups in total. The van der Waals surface area contributed by atoms with Gasteiger partial charge in [-0.15, -0.1) is 11.8 Å². The number of carbonyl (C=O) groups excluding carboxylic acids is 1. The number of halogens is 1. The summed E-state index contributed by atoms with van der Waals surface area (Å²) in [6.45, 7) is 0.665. The van der Waals surface area contributed by atoms with Crippen LogP contribution in [0.2, 0.25) is 5.02 Å². The number of thioether (sulfide) groups is 1. The fraction of sp³-hybridized carbons (Fsp3) is 0.250. The van der Waals surface area contributed by atoms with Crippen molar-refractivity contribution in [3.8, 4) is 11.4 Å². The van der Waals surface area contributed by atoms with E-state index in [-0.39, 0.29) is 5.91 Å². The van der Waals surface area contributed by atoms with E-state index in [9.17, 15) is 4.79 Å². The summed E-state index contributed by atoms with van der Waals surface area (Å²) in [6, 6.07) is 17.4. The maximum absolute atomic E-state index is 11.9. The normalized spacial score (nSPS) is 10.7. The molecular formula is C20H20ClN3O2S. The number of rotatable bonds is 9.